The van der Waals surface area contributed by atoms with Crippen molar-refractivity contribution >= 4 is 17.8 Å². The Bertz CT molecular complexity index is 691. The molecular formula is C20H27N3O3. The third-order valence-electron chi connectivity index (χ3n) is 5.40. The van der Waals surface area contributed by atoms with Crippen LogP contribution in [0.5, 0.6) is 0 Å². The predicted octanol–water partition coefficient (Wildman–Crippen LogP) is 2.19. The molecule has 6 heteroatoms. The van der Waals surface area contributed by atoms with Gasteiger partial charge in [0, 0.05) is 13.1 Å². The van der Waals surface area contributed by atoms with Crippen LogP contribution in [0.15, 0.2) is 30.3 Å². The highest BCUT2D eigenvalue weighted by molar-refractivity contribution is 6.08. The molecule has 26 heavy (non-hydrogen) atoms. The van der Waals surface area contributed by atoms with Gasteiger partial charge < -0.3 is 10.2 Å². The lowest BCUT2D eigenvalue weighted by Crippen LogP contribution is -2.47. The molecule has 140 valence electrons. The van der Waals surface area contributed by atoms with Crippen LogP contribution in [-0.4, -0.2) is 52.8 Å². The first-order valence-electron chi connectivity index (χ1n) is 9.35. The first kappa shape index (κ1) is 18.4. The lowest BCUT2D eigenvalue weighted by atomic mass is 9.93. The van der Waals surface area contributed by atoms with E-state index in [1.165, 1.54) is 0 Å². The Labute approximate surface area is 154 Å². The summed E-state index contributed by atoms with van der Waals surface area (Å²) in [6, 6.07) is 9.40. The SMILES string of the molecule is C[C@@H]1CCCN(C(=O)CN2C(=O)N[C@](C)(CCc3ccccc3)C2=O)C1. The summed E-state index contributed by atoms with van der Waals surface area (Å²) in [7, 11) is 0. The number of hydrogen-bond donors (Lipinski definition) is 1. The first-order valence-corrected chi connectivity index (χ1v) is 9.35. The average Bonchev–Trinajstić information content (AvgIpc) is 2.84. The molecule has 1 aromatic rings. The van der Waals surface area contributed by atoms with Crippen molar-refractivity contribution in [2.45, 2.75) is 45.1 Å². The van der Waals surface area contributed by atoms with Gasteiger partial charge >= 0.3 is 6.03 Å². The molecule has 0 unspecified atom stereocenters. The Balaban J connectivity index is 1.61. The number of carbonyl (C=O) groups is 3. The van der Waals surface area contributed by atoms with Crippen LogP contribution in [0.1, 0.15) is 38.7 Å². The molecule has 2 heterocycles. The standard InChI is InChI=1S/C20H27N3O3/c1-15-7-6-12-22(13-15)17(24)14-23-18(25)20(2,21-19(23)26)11-10-16-8-4-3-5-9-16/h3-5,8-9,15H,6-7,10-14H2,1-2H3,(H,21,26)/t15-,20-/m1/s1. The topological polar surface area (TPSA) is 69.7 Å². The summed E-state index contributed by atoms with van der Waals surface area (Å²) < 4.78 is 0. The van der Waals surface area contributed by atoms with Crippen molar-refractivity contribution in [1.82, 2.24) is 15.1 Å². The van der Waals surface area contributed by atoms with Crippen molar-refractivity contribution in [3.63, 3.8) is 0 Å². The summed E-state index contributed by atoms with van der Waals surface area (Å²) >= 11 is 0. The Kier molecular flexibility index (Phi) is 5.30. The van der Waals surface area contributed by atoms with Crippen LogP contribution in [0.3, 0.4) is 0 Å². The number of rotatable bonds is 5. The van der Waals surface area contributed by atoms with E-state index in [0.717, 1.165) is 23.3 Å². The van der Waals surface area contributed by atoms with E-state index in [9.17, 15) is 14.4 Å². The summed E-state index contributed by atoms with van der Waals surface area (Å²) in [5, 5.41) is 2.78. The predicted molar refractivity (Wildman–Crippen MR) is 98.4 cm³/mol. The Morgan fingerprint density at radius 2 is 2.00 bits per heavy atom. The highest BCUT2D eigenvalue weighted by atomic mass is 16.2. The molecule has 4 amide bonds. The van der Waals surface area contributed by atoms with Crippen LogP contribution < -0.4 is 5.32 Å². The normalized spacial score (nSPS) is 26.2. The van der Waals surface area contributed by atoms with Crippen LogP contribution in [0, 0.1) is 5.92 Å². The molecule has 2 atom stereocenters. The number of aryl methyl sites for hydroxylation is 1. The van der Waals surface area contributed by atoms with Gasteiger partial charge in [-0.25, -0.2) is 4.79 Å². The number of piperidine rings is 1. The maximum Gasteiger partial charge on any atom is 0.325 e. The largest absolute Gasteiger partial charge is 0.341 e. The van der Waals surface area contributed by atoms with Gasteiger partial charge in [0.2, 0.25) is 5.91 Å². The van der Waals surface area contributed by atoms with Crippen LogP contribution in [0.4, 0.5) is 4.79 Å². The average molecular weight is 357 g/mol. The van der Waals surface area contributed by atoms with Gasteiger partial charge in [-0.15, -0.1) is 0 Å². The van der Waals surface area contributed by atoms with E-state index in [0.29, 0.717) is 31.8 Å². The molecule has 2 aliphatic rings. The molecule has 3 rings (SSSR count). The molecule has 0 aromatic heterocycles. The quantitative estimate of drug-likeness (QED) is 0.821. The number of imide groups is 1. The van der Waals surface area contributed by atoms with E-state index in [1.807, 2.05) is 30.3 Å². The third kappa shape index (κ3) is 3.89. The van der Waals surface area contributed by atoms with Crippen LogP contribution in [-0.2, 0) is 16.0 Å². The van der Waals surface area contributed by atoms with E-state index in [-0.39, 0.29) is 18.4 Å². The fourth-order valence-electron chi connectivity index (χ4n) is 3.75. The van der Waals surface area contributed by atoms with Crippen molar-refractivity contribution < 1.29 is 14.4 Å². The van der Waals surface area contributed by atoms with Gasteiger partial charge in [0.25, 0.3) is 5.91 Å². The maximum absolute atomic E-state index is 12.8. The summed E-state index contributed by atoms with van der Waals surface area (Å²) in [5.74, 6) is 0.0103. The van der Waals surface area contributed by atoms with E-state index < -0.39 is 11.6 Å². The minimum Gasteiger partial charge on any atom is -0.341 e. The minimum absolute atomic E-state index is 0.146. The zero-order valence-corrected chi connectivity index (χ0v) is 15.5. The molecule has 0 bridgehead atoms. The Morgan fingerprint density at radius 1 is 1.27 bits per heavy atom. The van der Waals surface area contributed by atoms with Crippen LogP contribution in [0.2, 0.25) is 0 Å². The van der Waals surface area contributed by atoms with E-state index in [1.54, 1.807) is 11.8 Å². The van der Waals surface area contributed by atoms with E-state index in [4.69, 9.17) is 0 Å². The summed E-state index contributed by atoms with van der Waals surface area (Å²) in [6.07, 6.45) is 3.29. The third-order valence-corrected chi connectivity index (χ3v) is 5.40. The summed E-state index contributed by atoms with van der Waals surface area (Å²) in [6.45, 7) is 5.10. The Morgan fingerprint density at radius 3 is 2.69 bits per heavy atom. The number of carbonyl (C=O) groups excluding carboxylic acids is 3. The fraction of sp³-hybridized carbons (Fsp3) is 0.550. The first-order chi connectivity index (χ1) is 12.4. The molecule has 0 spiro atoms. The van der Waals surface area contributed by atoms with Crippen molar-refractivity contribution in [2.24, 2.45) is 5.92 Å². The second kappa shape index (κ2) is 7.48. The summed E-state index contributed by atoms with van der Waals surface area (Å²) in [4.78, 5) is 40.5. The van der Waals surface area contributed by atoms with Crippen LogP contribution >= 0.6 is 0 Å². The molecule has 0 aliphatic carbocycles. The lowest BCUT2D eigenvalue weighted by Gasteiger charge is -2.31. The second-order valence-corrected chi connectivity index (χ2v) is 7.73. The molecule has 1 aromatic carbocycles. The number of nitrogens with one attached hydrogen (secondary N) is 1. The lowest BCUT2D eigenvalue weighted by molar-refractivity contribution is -0.139. The molecule has 0 radical (unpaired) electrons. The highest BCUT2D eigenvalue weighted by Gasteiger charge is 2.48. The number of hydrogen-bond acceptors (Lipinski definition) is 3. The van der Waals surface area contributed by atoms with Gasteiger partial charge in [0.15, 0.2) is 0 Å². The molecule has 1 N–H and O–H groups in total. The number of likely N-dealkylation sites (tertiary alicyclic amines) is 1. The number of urea groups is 1. The van der Waals surface area contributed by atoms with Gasteiger partial charge in [0.1, 0.15) is 12.1 Å². The van der Waals surface area contributed by atoms with Crippen molar-refractivity contribution in [2.75, 3.05) is 19.6 Å². The van der Waals surface area contributed by atoms with Gasteiger partial charge in [-0.1, -0.05) is 37.3 Å². The zero-order chi connectivity index (χ0) is 18.7. The number of amides is 4. The fourth-order valence-corrected chi connectivity index (χ4v) is 3.75. The second-order valence-electron chi connectivity index (χ2n) is 7.73. The number of benzene rings is 1. The van der Waals surface area contributed by atoms with Crippen molar-refractivity contribution in [3.8, 4) is 0 Å². The molecule has 2 fully saturated rings. The van der Waals surface area contributed by atoms with Gasteiger partial charge in [-0.3, -0.25) is 14.5 Å². The molecule has 0 saturated carbocycles. The van der Waals surface area contributed by atoms with E-state index in [2.05, 4.69) is 12.2 Å². The Hall–Kier alpha value is -2.37. The molecule has 6 nitrogen and oxygen atoms in total. The van der Waals surface area contributed by atoms with Gasteiger partial charge in [-0.2, -0.15) is 0 Å². The maximum atomic E-state index is 12.8. The monoisotopic (exact) mass is 357 g/mol. The highest BCUT2D eigenvalue weighted by Crippen LogP contribution is 2.24. The minimum atomic E-state index is -0.956. The zero-order valence-electron chi connectivity index (χ0n) is 15.5. The van der Waals surface area contributed by atoms with Crippen molar-refractivity contribution in [3.05, 3.63) is 35.9 Å². The van der Waals surface area contributed by atoms with Gasteiger partial charge in [-0.05, 0) is 44.1 Å². The molecule has 2 aliphatic heterocycles. The smallest absolute Gasteiger partial charge is 0.325 e. The van der Waals surface area contributed by atoms with E-state index >= 15 is 0 Å². The number of nitrogens with zero attached hydrogens (tertiary/aromatic N) is 2. The summed E-state index contributed by atoms with van der Waals surface area (Å²) in [5.41, 5.74) is 0.162. The van der Waals surface area contributed by atoms with Gasteiger partial charge in [0.05, 0.1) is 0 Å². The van der Waals surface area contributed by atoms with Crippen molar-refractivity contribution in [1.29, 1.82) is 0 Å². The molecular weight excluding hydrogens is 330 g/mol. The molecule has 2 saturated heterocycles. The van der Waals surface area contributed by atoms with Crippen LogP contribution in [0.25, 0.3) is 0 Å².